The van der Waals surface area contributed by atoms with E-state index in [9.17, 15) is 8.42 Å². The minimum absolute atomic E-state index is 0.0651. The number of hydrogen-bond acceptors (Lipinski definition) is 7. The smallest absolute Gasteiger partial charge is 0.215 e. The summed E-state index contributed by atoms with van der Waals surface area (Å²) in [6.45, 7) is 1.53. The van der Waals surface area contributed by atoms with Crippen molar-refractivity contribution in [1.82, 2.24) is 18.9 Å². The zero-order chi connectivity index (χ0) is 18.9. The normalized spacial score (nSPS) is 16.0. The third-order valence-electron chi connectivity index (χ3n) is 4.18. The first-order valence-electron chi connectivity index (χ1n) is 8.43. The van der Waals surface area contributed by atoms with Crippen LogP contribution in [-0.2, 0) is 10.0 Å². The van der Waals surface area contributed by atoms with Crippen molar-refractivity contribution in [2.45, 2.75) is 0 Å². The monoisotopic (exact) mass is 443 g/mol. The molecule has 1 aliphatic rings. The van der Waals surface area contributed by atoms with E-state index in [4.69, 9.17) is 11.6 Å². The zero-order valence-electron chi connectivity index (χ0n) is 14.3. The van der Waals surface area contributed by atoms with E-state index in [1.54, 1.807) is 20.6 Å². The number of halogens is 1. The van der Waals surface area contributed by atoms with Crippen molar-refractivity contribution in [2.75, 3.05) is 42.2 Å². The van der Waals surface area contributed by atoms with E-state index < -0.39 is 10.0 Å². The Balaban J connectivity index is 1.38. The first kappa shape index (κ1) is 19.0. The Labute approximate surface area is 170 Å². The van der Waals surface area contributed by atoms with Crippen LogP contribution < -0.4 is 5.32 Å². The van der Waals surface area contributed by atoms with E-state index in [0.29, 0.717) is 29.8 Å². The molecule has 3 heterocycles. The lowest BCUT2D eigenvalue weighted by Crippen LogP contribution is -2.40. The summed E-state index contributed by atoms with van der Waals surface area (Å²) in [5.41, 5.74) is 1.79. The summed E-state index contributed by atoms with van der Waals surface area (Å²) in [6.07, 6.45) is 1.85. The van der Waals surface area contributed by atoms with Crippen LogP contribution in [0.25, 0.3) is 16.2 Å². The van der Waals surface area contributed by atoms with Gasteiger partial charge in [-0.25, -0.2) is 22.2 Å². The third-order valence-corrected chi connectivity index (χ3v) is 8.13. The van der Waals surface area contributed by atoms with Gasteiger partial charge in [0.2, 0.25) is 20.1 Å². The largest absolute Gasteiger partial charge is 0.359 e. The minimum atomic E-state index is -3.22. The van der Waals surface area contributed by atoms with Crippen LogP contribution in [0, 0.1) is 0 Å². The van der Waals surface area contributed by atoms with Crippen molar-refractivity contribution in [3.05, 3.63) is 35.5 Å². The number of anilines is 1. The number of benzene rings is 1. The molecule has 144 valence electrons. The summed E-state index contributed by atoms with van der Waals surface area (Å²) in [7, 11) is -3.22. The molecule has 2 aromatic heterocycles. The fourth-order valence-electron chi connectivity index (χ4n) is 2.77. The summed E-state index contributed by atoms with van der Waals surface area (Å²) >= 11 is 9.10. The summed E-state index contributed by atoms with van der Waals surface area (Å²) in [5.74, 6) is 1.80. The van der Waals surface area contributed by atoms with Crippen LogP contribution in [0.2, 0.25) is 5.02 Å². The van der Waals surface area contributed by atoms with Gasteiger partial charge in [0.1, 0.15) is 0 Å². The van der Waals surface area contributed by atoms with E-state index in [1.165, 1.54) is 11.3 Å². The van der Waals surface area contributed by atoms with Crippen molar-refractivity contribution >= 4 is 54.8 Å². The lowest BCUT2D eigenvalue weighted by Gasteiger charge is -2.25. The number of thioether (sulfide) groups is 1. The van der Waals surface area contributed by atoms with Crippen LogP contribution >= 0.6 is 34.7 Å². The molecule has 3 aromatic rings. The molecule has 0 aliphatic carbocycles. The Kier molecular flexibility index (Phi) is 5.60. The third kappa shape index (κ3) is 4.40. The summed E-state index contributed by atoms with van der Waals surface area (Å²) in [6, 6.07) is 7.48. The van der Waals surface area contributed by atoms with Gasteiger partial charge in [-0.15, -0.1) is 5.10 Å². The van der Waals surface area contributed by atoms with Gasteiger partial charge >= 0.3 is 0 Å². The average molecular weight is 444 g/mol. The molecule has 1 saturated heterocycles. The highest BCUT2D eigenvalue weighted by Crippen LogP contribution is 2.25. The molecule has 0 amide bonds. The van der Waals surface area contributed by atoms with Crippen molar-refractivity contribution < 1.29 is 8.42 Å². The summed E-state index contributed by atoms with van der Waals surface area (Å²) < 4.78 is 28.0. The Bertz CT molecular complexity index is 995. The van der Waals surface area contributed by atoms with Crippen molar-refractivity contribution in [3.8, 4) is 11.3 Å². The van der Waals surface area contributed by atoms with E-state index in [-0.39, 0.29) is 5.75 Å². The predicted octanol–water partition coefficient (Wildman–Crippen LogP) is 2.90. The van der Waals surface area contributed by atoms with Crippen LogP contribution in [0.5, 0.6) is 0 Å². The first-order valence-corrected chi connectivity index (χ1v) is 12.4. The second-order valence-electron chi connectivity index (χ2n) is 6.02. The maximum atomic E-state index is 12.4. The molecule has 1 fully saturated rings. The van der Waals surface area contributed by atoms with Crippen LogP contribution in [0.3, 0.4) is 0 Å². The van der Waals surface area contributed by atoms with Crippen LogP contribution in [0.4, 0.5) is 5.13 Å². The number of sulfonamides is 1. The van der Waals surface area contributed by atoms with Crippen LogP contribution in [0.15, 0.2) is 30.5 Å². The Morgan fingerprint density at radius 1 is 1.19 bits per heavy atom. The van der Waals surface area contributed by atoms with Crippen molar-refractivity contribution in [1.29, 1.82) is 0 Å². The van der Waals surface area contributed by atoms with Gasteiger partial charge in [0.25, 0.3) is 0 Å². The van der Waals surface area contributed by atoms with Gasteiger partial charge in [-0.2, -0.15) is 11.8 Å². The van der Waals surface area contributed by atoms with Gasteiger partial charge in [0.15, 0.2) is 0 Å². The average Bonchev–Trinajstić information content (AvgIpc) is 3.22. The first-order chi connectivity index (χ1) is 13.0. The Morgan fingerprint density at radius 3 is 2.63 bits per heavy atom. The molecule has 4 rings (SSSR count). The molecule has 11 heteroatoms. The molecule has 0 unspecified atom stereocenters. The second-order valence-corrected chi connectivity index (χ2v) is 10.7. The number of aromatic nitrogens is 3. The summed E-state index contributed by atoms with van der Waals surface area (Å²) in [4.78, 5) is 5.32. The van der Waals surface area contributed by atoms with E-state index >= 15 is 0 Å². The highest BCUT2D eigenvalue weighted by molar-refractivity contribution is 7.99. The molecule has 0 bridgehead atoms. The SMILES string of the molecule is O=S(=O)(CCNc1nn2cc(-c3ccc(Cl)cc3)nc2s1)N1CCSCC1. The van der Waals surface area contributed by atoms with Crippen LogP contribution in [0.1, 0.15) is 0 Å². The Morgan fingerprint density at radius 2 is 1.93 bits per heavy atom. The van der Waals surface area contributed by atoms with Gasteiger partial charge in [0, 0.05) is 41.7 Å². The molecule has 27 heavy (non-hydrogen) atoms. The molecule has 1 aromatic carbocycles. The molecule has 0 saturated carbocycles. The zero-order valence-corrected chi connectivity index (χ0v) is 17.5. The molecule has 1 aliphatic heterocycles. The lowest BCUT2D eigenvalue weighted by molar-refractivity contribution is 0.444. The minimum Gasteiger partial charge on any atom is -0.359 e. The standard InChI is InChI=1S/C16H18ClN5O2S3/c17-13-3-1-12(2-4-13)14-11-22-16(19-14)26-15(20-22)18-5-10-27(23,24)21-6-8-25-9-7-21/h1-4,11H,5-10H2,(H,18,20). The fraction of sp³-hybridized carbons (Fsp3) is 0.375. The number of hydrogen-bond donors (Lipinski definition) is 1. The van der Waals surface area contributed by atoms with E-state index in [2.05, 4.69) is 15.4 Å². The molecule has 7 nitrogen and oxygen atoms in total. The number of nitrogens with zero attached hydrogens (tertiary/aromatic N) is 4. The maximum Gasteiger partial charge on any atom is 0.215 e. The predicted molar refractivity (Wildman–Crippen MR) is 112 cm³/mol. The van der Waals surface area contributed by atoms with Gasteiger partial charge in [-0.3, -0.25) is 0 Å². The number of rotatable bonds is 6. The fourth-order valence-corrected chi connectivity index (χ4v) is 6.20. The molecule has 0 atom stereocenters. The topological polar surface area (TPSA) is 79.6 Å². The molecular weight excluding hydrogens is 426 g/mol. The van der Waals surface area contributed by atoms with Gasteiger partial charge in [-0.05, 0) is 12.1 Å². The molecule has 0 radical (unpaired) electrons. The molecule has 1 N–H and O–H groups in total. The quantitative estimate of drug-likeness (QED) is 0.631. The van der Waals surface area contributed by atoms with Gasteiger partial charge in [-0.1, -0.05) is 35.1 Å². The lowest BCUT2D eigenvalue weighted by atomic mass is 10.2. The van der Waals surface area contributed by atoms with Gasteiger partial charge < -0.3 is 5.32 Å². The molecule has 0 spiro atoms. The second kappa shape index (κ2) is 7.96. The van der Waals surface area contributed by atoms with Crippen molar-refractivity contribution in [2.24, 2.45) is 0 Å². The van der Waals surface area contributed by atoms with Crippen molar-refractivity contribution in [3.63, 3.8) is 0 Å². The van der Waals surface area contributed by atoms with Gasteiger partial charge in [0.05, 0.1) is 17.6 Å². The van der Waals surface area contributed by atoms with E-state index in [1.807, 2.05) is 30.5 Å². The summed E-state index contributed by atoms with van der Waals surface area (Å²) in [5, 5.41) is 8.87. The van der Waals surface area contributed by atoms with Crippen LogP contribution in [-0.4, -0.2) is 64.2 Å². The highest BCUT2D eigenvalue weighted by Gasteiger charge is 2.23. The highest BCUT2D eigenvalue weighted by atomic mass is 35.5. The maximum absolute atomic E-state index is 12.4. The number of nitrogens with one attached hydrogen (secondary N) is 1. The molecular formula is C16H18ClN5O2S3. The number of fused-ring (bicyclic) bond motifs is 1. The van der Waals surface area contributed by atoms with E-state index in [0.717, 1.165) is 27.7 Å². The number of imidazole rings is 1. The Hall–Kier alpha value is -1.33.